The highest BCUT2D eigenvalue weighted by Gasteiger charge is 2.25. The van der Waals surface area contributed by atoms with Crippen LogP contribution >= 0.6 is 0 Å². The summed E-state index contributed by atoms with van der Waals surface area (Å²) < 4.78 is 6.41. The first kappa shape index (κ1) is 29.8. The van der Waals surface area contributed by atoms with Crippen LogP contribution < -0.4 is 10.4 Å². The van der Waals surface area contributed by atoms with Crippen molar-refractivity contribution < 1.29 is 4.74 Å². The number of hydrogen-bond acceptors (Lipinski definition) is 1. The predicted molar refractivity (Wildman–Crippen MR) is 159 cm³/mol. The summed E-state index contributed by atoms with van der Waals surface area (Å²) in [7, 11) is -1.19. The molecule has 0 aromatic heterocycles. The average Bonchev–Trinajstić information content (AvgIpc) is 2.77. The largest absolute Gasteiger partial charge is 0.381 e. The fraction of sp³-hybridized carbons (Fsp3) is 0.636. The molecule has 0 aliphatic rings. The van der Waals surface area contributed by atoms with Gasteiger partial charge in [-0.15, -0.1) is 0 Å². The molecule has 196 valence electrons. The summed E-state index contributed by atoms with van der Waals surface area (Å²) in [5.74, 6) is 2.14. The molecule has 0 amide bonds. The molecule has 0 saturated heterocycles. The zero-order valence-electron chi connectivity index (χ0n) is 24.1. The minimum absolute atomic E-state index is 0.374. The highest BCUT2D eigenvalue weighted by atomic mass is 28.3. The van der Waals surface area contributed by atoms with Gasteiger partial charge < -0.3 is 4.74 Å². The van der Waals surface area contributed by atoms with Crippen LogP contribution in [-0.4, -0.2) is 22.0 Å². The molecular weight excluding hydrogens is 440 g/mol. The summed E-state index contributed by atoms with van der Waals surface area (Å²) in [4.78, 5) is 0. The Kier molecular flexibility index (Phi) is 12.3. The first-order valence-corrected chi connectivity index (χ1v) is 16.1. The van der Waals surface area contributed by atoms with Crippen molar-refractivity contribution in [1.29, 1.82) is 0 Å². The van der Waals surface area contributed by atoms with Gasteiger partial charge in [0, 0.05) is 13.2 Å². The van der Waals surface area contributed by atoms with Gasteiger partial charge in [-0.3, -0.25) is 0 Å². The van der Waals surface area contributed by atoms with Crippen LogP contribution in [0.25, 0.3) is 0 Å². The summed E-state index contributed by atoms with van der Waals surface area (Å²) in [5.41, 5.74) is 0.791. The topological polar surface area (TPSA) is 9.23 Å². The van der Waals surface area contributed by atoms with E-state index in [1.807, 2.05) is 0 Å². The highest BCUT2D eigenvalue weighted by molar-refractivity contribution is 6.85. The van der Waals surface area contributed by atoms with Crippen LogP contribution in [0.3, 0.4) is 0 Å². The predicted octanol–water partition coefficient (Wildman–Crippen LogP) is 7.98. The molecule has 3 unspecified atom stereocenters. The maximum Gasteiger partial charge on any atom is 0.103 e. The van der Waals surface area contributed by atoms with Crippen LogP contribution in [0.2, 0.25) is 6.04 Å². The minimum atomic E-state index is -1.19. The molecule has 3 atom stereocenters. The van der Waals surface area contributed by atoms with Gasteiger partial charge in [0.05, 0.1) is 0 Å². The van der Waals surface area contributed by atoms with Crippen molar-refractivity contribution in [3.05, 3.63) is 60.7 Å². The van der Waals surface area contributed by atoms with Gasteiger partial charge in [-0.25, -0.2) is 0 Å². The average molecular weight is 495 g/mol. The molecule has 0 N–H and O–H groups in total. The van der Waals surface area contributed by atoms with Crippen LogP contribution in [0.5, 0.6) is 0 Å². The second-order valence-corrected chi connectivity index (χ2v) is 16.6. The Balaban J connectivity index is 1.91. The summed E-state index contributed by atoms with van der Waals surface area (Å²) in [6.45, 7) is 20.9. The first-order chi connectivity index (χ1) is 16.4. The zero-order valence-corrected chi connectivity index (χ0v) is 25.3. The molecule has 2 rings (SSSR count). The molecule has 2 aromatic carbocycles. The van der Waals surface area contributed by atoms with E-state index >= 15 is 0 Å². The first-order valence-electron chi connectivity index (χ1n) is 14.1. The molecule has 0 saturated carbocycles. The van der Waals surface area contributed by atoms with Crippen molar-refractivity contribution in [3.63, 3.8) is 0 Å². The quantitative estimate of drug-likeness (QED) is 0.191. The second-order valence-electron chi connectivity index (χ2n) is 13.5. The normalized spacial score (nSPS) is 15.2. The molecule has 0 fully saturated rings. The van der Waals surface area contributed by atoms with E-state index in [-0.39, 0.29) is 0 Å². The molecule has 0 heterocycles. The second kappa shape index (κ2) is 14.4. The van der Waals surface area contributed by atoms with Gasteiger partial charge in [0.1, 0.15) is 8.80 Å². The molecule has 2 heteroatoms. The SMILES string of the molecule is CC(CCC(COCCC[SiH](c1ccccc1)c1ccccc1)C(C)CC(C)(C)C)CC(C)(C)C. The lowest BCUT2D eigenvalue weighted by molar-refractivity contribution is 0.0630. The Morgan fingerprint density at radius 3 is 1.71 bits per heavy atom. The van der Waals surface area contributed by atoms with Crippen molar-refractivity contribution in [2.45, 2.75) is 93.5 Å². The van der Waals surface area contributed by atoms with Gasteiger partial charge >= 0.3 is 0 Å². The van der Waals surface area contributed by atoms with Crippen molar-refractivity contribution in [3.8, 4) is 0 Å². The fourth-order valence-electron chi connectivity index (χ4n) is 5.83. The highest BCUT2D eigenvalue weighted by Crippen LogP contribution is 2.33. The number of benzene rings is 2. The summed E-state index contributed by atoms with van der Waals surface area (Å²) in [5, 5.41) is 3.09. The Morgan fingerprint density at radius 2 is 1.23 bits per heavy atom. The van der Waals surface area contributed by atoms with Gasteiger partial charge in [-0.2, -0.15) is 0 Å². The van der Waals surface area contributed by atoms with E-state index in [9.17, 15) is 0 Å². The smallest absolute Gasteiger partial charge is 0.103 e. The molecule has 0 bridgehead atoms. The van der Waals surface area contributed by atoms with E-state index in [2.05, 4.69) is 116 Å². The molecule has 1 nitrogen and oxygen atoms in total. The summed E-state index contributed by atoms with van der Waals surface area (Å²) in [6.07, 6.45) is 6.34. The maximum absolute atomic E-state index is 6.41. The molecule has 0 aliphatic heterocycles. The van der Waals surface area contributed by atoms with Crippen LogP contribution in [0, 0.1) is 28.6 Å². The molecule has 2 aromatic rings. The molecular formula is C33H54OSi. The van der Waals surface area contributed by atoms with E-state index in [1.54, 1.807) is 10.4 Å². The van der Waals surface area contributed by atoms with Crippen LogP contribution in [0.15, 0.2) is 60.7 Å². The van der Waals surface area contributed by atoms with E-state index < -0.39 is 8.80 Å². The van der Waals surface area contributed by atoms with Gasteiger partial charge in [-0.05, 0) is 60.3 Å². The molecule has 0 spiro atoms. The van der Waals surface area contributed by atoms with Gasteiger partial charge in [0.15, 0.2) is 0 Å². The molecule has 0 aliphatic carbocycles. The van der Waals surface area contributed by atoms with Gasteiger partial charge in [0.25, 0.3) is 0 Å². The number of hydrogen-bond donors (Lipinski definition) is 0. The van der Waals surface area contributed by atoms with E-state index in [1.165, 1.54) is 31.7 Å². The van der Waals surface area contributed by atoms with Gasteiger partial charge in [-0.1, -0.05) is 133 Å². The van der Waals surface area contributed by atoms with Crippen molar-refractivity contribution in [1.82, 2.24) is 0 Å². The third kappa shape index (κ3) is 12.4. The monoisotopic (exact) mass is 494 g/mol. The van der Waals surface area contributed by atoms with E-state index in [4.69, 9.17) is 4.74 Å². The Morgan fingerprint density at radius 1 is 0.714 bits per heavy atom. The zero-order chi connectivity index (χ0) is 25.9. The van der Waals surface area contributed by atoms with Gasteiger partial charge in [0.2, 0.25) is 0 Å². The van der Waals surface area contributed by atoms with E-state index in [0.29, 0.717) is 22.7 Å². The summed E-state index contributed by atoms with van der Waals surface area (Å²) in [6, 6.07) is 23.6. The third-order valence-electron chi connectivity index (χ3n) is 7.25. The molecule has 0 radical (unpaired) electrons. The van der Waals surface area contributed by atoms with Crippen LogP contribution in [-0.2, 0) is 4.74 Å². The lowest BCUT2D eigenvalue weighted by Crippen LogP contribution is -2.42. The van der Waals surface area contributed by atoms with Crippen LogP contribution in [0.4, 0.5) is 0 Å². The minimum Gasteiger partial charge on any atom is -0.381 e. The van der Waals surface area contributed by atoms with E-state index in [0.717, 1.165) is 25.6 Å². The van der Waals surface area contributed by atoms with Crippen molar-refractivity contribution in [2.75, 3.05) is 13.2 Å². The summed E-state index contributed by atoms with van der Waals surface area (Å²) >= 11 is 0. The molecule has 35 heavy (non-hydrogen) atoms. The number of ether oxygens (including phenoxy) is 1. The lowest BCUT2D eigenvalue weighted by atomic mass is 9.76. The lowest BCUT2D eigenvalue weighted by Gasteiger charge is -2.31. The Hall–Kier alpha value is -1.38. The van der Waals surface area contributed by atoms with Crippen molar-refractivity contribution in [2.24, 2.45) is 28.6 Å². The standard InChI is InChI=1S/C33H54OSi/c1-27(24-32(3,4)5)20-21-29(28(2)25-33(6,7)8)26-34-22-15-23-35(30-16-11-9-12-17-30)31-18-13-10-14-19-31/h9-14,16-19,27-29,35H,15,20-26H2,1-8H3. The third-order valence-corrected chi connectivity index (χ3v) is 10.6. The Bertz CT molecular complexity index is 763. The number of rotatable bonds is 14. The maximum atomic E-state index is 6.41. The fourth-order valence-corrected chi connectivity index (χ4v) is 8.83. The van der Waals surface area contributed by atoms with Crippen LogP contribution in [0.1, 0.15) is 87.5 Å². The van der Waals surface area contributed by atoms with Crippen molar-refractivity contribution >= 4 is 19.2 Å². The Labute approximate surface area is 219 Å².